The Hall–Kier alpha value is -1.72. The molecular weight excluding hydrogens is 489 g/mol. The predicted molar refractivity (Wildman–Crippen MR) is 154 cm³/mol. The van der Waals surface area contributed by atoms with Crippen molar-refractivity contribution in [2.45, 2.75) is 112 Å². The summed E-state index contributed by atoms with van der Waals surface area (Å²) in [6, 6.07) is 6.15. The van der Waals surface area contributed by atoms with E-state index >= 15 is 0 Å². The van der Waals surface area contributed by atoms with E-state index in [-0.39, 0.29) is 39.4 Å². The number of benzene rings is 1. The number of fused-ring (bicyclic) bond motifs is 4. The summed E-state index contributed by atoms with van der Waals surface area (Å²) in [6.45, 7) is 13.9. The number of carbonyl (C=O) groups excluding carboxylic acids is 1. The molecule has 0 saturated heterocycles. The fourth-order valence-corrected chi connectivity index (χ4v) is 10.3. The van der Waals surface area contributed by atoms with Crippen LogP contribution in [0.25, 0.3) is 0 Å². The van der Waals surface area contributed by atoms with Gasteiger partial charge in [-0.1, -0.05) is 64.8 Å². The van der Waals surface area contributed by atoms with Gasteiger partial charge in [-0.25, -0.2) is 4.39 Å². The Kier molecular flexibility index (Phi) is 7.37. The van der Waals surface area contributed by atoms with Crippen LogP contribution in [-0.4, -0.2) is 29.0 Å². The molecule has 2 N–H and O–H groups in total. The molecule has 0 aromatic heterocycles. The maximum atomic E-state index is 14.3. The number of allylic oxidation sites excluding steroid dienone is 2. The van der Waals surface area contributed by atoms with Gasteiger partial charge in [-0.05, 0) is 109 Å². The Labute approximate surface area is 235 Å². The van der Waals surface area contributed by atoms with E-state index in [1.807, 2.05) is 0 Å². The van der Waals surface area contributed by atoms with Gasteiger partial charge in [0.25, 0.3) is 0 Å². The molecular formula is C34H50FNO3. The molecule has 5 rings (SSSR count). The maximum absolute atomic E-state index is 14.3. The second-order valence-corrected chi connectivity index (χ2v) is 14.7. The number of carbonyl (C=O) groups is 1. The van der Waals surface area contributed by atoms with Crippen molar-refractivity contribution in [3.05, 3.63) is 41.2 Å². The maximum Gasteiger partial charge on any atom is 0.228 e. The second kappa shape index (κ2) is 9.98. The quantitative estimate of drug-likeness (QED) is 0.289. The molecule has 0 heterocycles. The molecule has 0 aliphatic heterocycles. The standard InChI is InChI=1S/C34H50FNO3/c1-22(11-14-30(39)36(21-37)27-10-8-7-9-26(27)35)23-15-19-34(6)25-12-13-28-31(2,3)29(38)17-18-32(28,4)24(25)16-20-33(23,34)5/h7-10,22-23,28-29,37-38H,11-21H2,1-6H3/t22-,23-,28+,29+,32-,33-,34+/m1/s1. The molecule has 1 amide bonds. The van der Waals surface area contributed by atoms with Gasteiger partial charge in [-0.3, -0.25) is 9.69 Å². The third-order valence-electron chi connectivity index (χ3n) is 12.9. The Morgan fingerprint density at radius 1 is 1.03 bits per heavy atom. The van der Waals surface area contributed by atoms with Crippen LogP contribution in [-0.2, 0) is 4.79 Å². The summed E-state index contributed by atoms with van der Waals surface area (Å²) in [5, 5.41) is 20.7. The first kappa shape index (κ1) is 28.8. The highest BCUT2D eigenvalue weighted by molar-refractivity contribution is 5.93. The van der Waals surface area contributed by atoms with Crippen LogP contribution in [0.1, 0.15) is 106 Å². The molecule has 7 atom stereocenters. The Balaban J connectivity index is 1.34. The number of anilines is 1. The SMILES string of the molecule is C[C@H](CCC(=O)N(CO)c1ccccc1F)[C@H]1CC[C@@]2(C)C3=C(CC[C@]12C)[C@@]1(C)CC[C@H](O)C(C)(C)[C@@H]1CC3. The molecule has 1 aromatic carbocycles. The van der Waals surface area contributed by atoms with E-state index in [0.717, 1.165) is 32.1 Å². The van der Waals surface area contributed by atoms with Crippen LogP contribution in [0.3, 0.4) is 0 Å². The van der Waals surface area contributed by atoms with Crippen LogP contribution < -0.4 is 4.90 Å². The van der Waals surface area contributed by atoms with Crippen molar-refractivity contribution in [3.8, 4) is 0 Å². The molecule has 4 aliphatic carbocycles. The number of amides is 1. The summed E-state index contributed by atoms with van der Waals surface area (Å²) in [5.41, 5.74) is 4.14. The summed E-state index contributed by atoms with van der Waals surface area (Å²) in [4.78, 5) is 14.2. The highest BCUT2D eigenvalue weighted by Gasteiger charge is 2.63. The van der Waals surface area contributed by atoms with Crippen molar-refractivity contribution in [3.63, 3.8) is 0 Å². The molecule has 1 aromatic rings. The average Bonchev–Trinajstić information content (AvgIpc) is 3.18. The van der Waals surface area contributed by atoms with Gasteiger partial charge in [0, 0.05) is 6.42 Å². The lowest BCUT2D eigenvalue weighted by Gasteiger charge is -2.62. The van der Waals surface area contributed by atoms with Crippen LogP contribution in [0.4, 0.5) is 10.1 Å². The summed E-state index contributed by atoms with van der Waals surface area (Å²) < 4.78 is 14.3. The minimum Gasteiger partial charge on any atom is -0.393 e. The molecule has 5 heteroatoms. The van der Waals surface area contributed by atoms with Gasteiger partial charge >= 0.3 is 0 Å². The lowest BCUT2D eigenvalue weighted by Crippen LogP contribution is -2.55. The van der Waals surface area contributed by atoms with Crippen molar-refractivity contribution >= 4 is 11.6 Å². The highest BCUT2D eigenvalue weighted by atomic mass is 19.1. The van der Waals surface area contributed by atoms with Crippen molar-refractivity contribution in [1.82, 2.24) is 0 Å². The molecule has 216 valence electrons. The second-order valence-electron chi connectivity index (χ2n) is 14.7. The van der Waals surface area contributed by atoms with Crippen LogP contribution in [0.2, 0.25) is 0 Å². The number of nitrogens with zero attached hydrogens (tertiary/aromatic N) is 1. The van der Waals surface area contributed by atoms with E-state index in [1.165, 1.54) is 36.6 Å². The summed E-state index contributed by atoms with van der Waals surface area (Å²) >= 11 is 0. The summed E-state index contributed by atoms with van der Waals surface area (Å²) in [7, 11) is 0. The topological polar surface area (TPSA) is 60.8 Å². The van der Waals surface area contributed by atoms with Crippen molar-refractivity contribution < 1.29 is 19.4 Å². The van der Waals surface area contributed by atoms with E-state index in [1.54, 1.807) is 29.3 Å². The Bertz CT molecular complexity index is 1150. The van der Waals surface area contributed by atoms with Gasteiger partial charge in [-0.15, -0.1) is 0 Å². The summed E-state index contributed by atoms with van der Waals surface area (Å²) in [5.74, 6) is 0.738. The fourth-order valence-electron chi connectivity index (χ4n) is 10.3. The lowest BCUT2D eigenvalue weighted by molar-refractivity contribution is -0.119. The van der Waals surface area contributed by atoms with E-state index in [4.69, 9.17) is 0 Å². The third kappa shape index (κ3) is 4.24. The molecule has 2 saturated carbocycles. The first-order chi connectivity index (χ1) is 18.3. The van der Waals surface area contributed by atoms with Crippen molar-refractivity contribution in [2.24, 2.45) is 39.4 Å². The summed E-state index contributed by atoms with van der Waals surface area (Å²) in [6.07, 6.45) is 9.91. The largest absolute Gasteiger partial charge is 0.393 e. The van der Waals surface area contributed by atoms with Crippen LogP contribution in [0.5, 0.6) is 0 Å². The van der Waals surface area contributed by atoms with E-state index in [2.05, 4.69) is 41.5 Å². The zero-order chi connectivity index (χ0) is 28.4. The number of hydrogen-bond acceptors (Lipinski definition) is 3. The van der Waals surface area contributed by atoms with Gasteiger partial charge in [0.15, 0.2) is 0 Å². The predicted octanol–water partition coefficient (Wildman–Crippen LogP) is 7.64. The lowest BCUT2D eigenvalue weighted by atomic mass is 9.43. The first-order valence-electron chi connectivity index (χ1n) is 15.4. The number of rotatable bonds is 6. The number of aliphatic hydroxyl groups is 2. The number of aliphatic hydroxyl groups excluding tert-OH is 2. The number of halogens is 1. The molecule has 0 unspecified atom stereocenters. The van der Waals surface area contributed by atoms with Crippen LogP contribution in [0, 0.1) is 45.2 Å². The van der Waals surface area contributed by atoms with Gasteiger partial charge in [-0.2, -0.15) is 0 Å². The zero-order valence-electron chi connectivity index (χ0n) is 25.0. The molecule has 0 spiro atoms. The van der Waals surface area contributed by atoms with Gasteiger partial charge in [0.1, 0.15) is 12.5 Å². The molecule has 4 aliphatic rings. The van der Waals surface area contributed by atoms with Crippen molar-refractivity contribution in [2.75, 3.05) is 11.6 Å². The highest BCUT2D eigenvalue weighted by Crippen LogP contribution is 2.72. The molecule has 4 nitrogen and oxygen atoms in total. The average molecular weight is 540 g/mol. The normalized spacial score (nSPS) is 38.0. The minimum absolute atomic E-state index is 0.0441. The zero-order valence-corrected chi connectivity index (χ0v) is 25.0. The Morgan fingerprint density at radius 3 is 2.44 bits per heavy atom. The van der Waals surface area contributed by atoms with Gasteiger partial charge < -0.3 is 10.2 Å². The van der Waals surface area contributed by atoms with Crippen molar-refractivity contribution in [1.29, 1.82) is 0 Å². The smallest absolute Gasteiger partial charge is 0.228 e. The number of para-hydroxylation sites is 1. The first-order valence-corrected chi connectivity index (χ1v) is 15.4. The molecule has 39 heavy (non-hydrogen) atoms. The number of hydrogen-bond donors (Lipinski definition) is 2. The minimum atomic E-state index is -0.516. The van der Waals surface area contributed by atoms with Crippen LogP contribution in [0.15, 0.2) is 35.4 Å². The Morgan fingerprint density at radius 2 is 1.74 bits per heavy atom. The van der Waals surface area contributed by atoms with E-state index in [9.17, 15) is 19.4 Å². The monoisotopic (exact) mass is 539 g/mol. The third-order valence-corrected chi connectivity index (χ3v) is 12.9. The fraction of sp³-hybridized carbons (Fsp3) is 0.735. The van der Waals surface area contributed by atoms with E-state index < -0.39 is 12.5 Å². The molecule has 0 bridgehead atoms. The van der Waals surface area contributed by atoms with Gasteiger partial charge in [0.05, 0.1) is 11.8 Å². The molecule has 2 fully saturated rings. The van der Waals surface area contributed by atoms with Gasteiger partial charge in [0.2, 0.25) is 5.91 Å². The van der Waals surface area contributed by atoms with E-state index in [0.29, 0.717) is 24.2 Å². The van der Waals surface area contributed by atoms with Crippen LogP contribution >= 0.6 is 0 Å². The molecule has 0 radical (unpaired) electrons.